The molecule has 1 heterocycles. The third-order valence-electron chi connectivity index (χ3n) is 3.08. The zero-order valence-corrected chi connectivity index (χ0v) is 11.7. The fourth-order valence-corrected chi connectivity index (χ4v) is 2.76. The number of benzene rings is 1. The van der Waals surface area contributed by atoms with Crippen molar-refractivity contribution in [2.45, 2.75) is 25.4 Å². The third kappa shape index (κ3) is 2.72. The summed E-state index contributed by atoms with van der Waals surface area (Å²) in [5, 5.41) is 10.0. The highest BCUT2D eigenvalue weighted by molar-refractivity contribution is 9.10. The van der Waals surface area contributed by atoms with E-state index in [0.29, 0.717) is 29.5 Å². The molecule has 18 heavy (non-hydrogen) atoms. The summed E-state index contributed by atoms with van der Waals surface area (Å²) in [5.41, 5.74) is -0.449. The zero-order chi connectivity index (χ0) is 13.3. The van der Waals surface area contributed by atoms with Crippen LogP contribution in [-0.4, -0.2) is 34.6 Å². The van der Waals surface area contributed by atoms with Gasteiger partial charge in [0.25, 0.3) is 5.91 Å². The van der Waals surface area contributed by atoms with Crippen LogP contribution in [-0.2, 0) is 0 Å². The molecule has 1 N–H and O–H groups in total. The Morgan fingerprint density at radius 2 is 2.17 bits per heavy atom. The first kappa shape index (κ1) is 13.5. The highest BCUT2D eigenvalue weighted by Crippen LogP contribution is 2.28. The smallest absolute Gasteiger partial charge is 0.254 e. The first-order chi connectivity index (χ1) is 8.43. The van der Waals surface area contributed by atoms with Crippen LogP contribution in [0.5, 0.6) is 0 Å². The minimum Gasteiger partial charge on any atom is -0.386 e. The Labute approximate surface area is 114 Å². The van der Waals surface area contributed by atoms with Crippen LogP contribution in [0.2, 0.25) is 0 Å². The number of halogens is 2. The van der Waals surface area contributed by atoms with Crippen molar-refractivity contribution in [2.75, 3.05) is 13.1 Å². The Bertz CT molecular complexity index is 452. The average Bonchev–Trinajstić information content (AvgIpc) is 2.23. The Morgan fingerprint density at radius 3 is 2.72 bits per heavy atom. The first-order valence-corrected chi connectivity index (χ1v) is 6.70. The topological polar surface area (TPSA) is 40.5 Å². The van der Waals surface area contributed by atoms with Crippen molar-refractivity contribution in [2.24, 2.45) is 0 Å². The summed E-state index contributed by atoms with van der Waals surface area (Å²) in [4.78, 5) is 13.6. The molecule has 0 atom stereocenters. The van der Waals surface area contributed by atoms with E-state index in [1.54, 1.807) is 6.07 Å². The molecule has 0 aromatic heterocycles. The van der Waals surface area contributed by atoms with Gasteiger partial charge in [-0.05, 0) is 24.6 Å². The first-order valence-electron chi connectivity index (χ1n) is 5.91. The van der Waals surface area contributed by atoms with Gasteiger partial charge in [0.15, 0.2) is 0 Å². The number of likely N-dealkylation sites (tertiary alicyclic amines) is 1. The molecule has 1 aromatic carbocycles. The van der Waals surface area contributed by atoms with E-state index in [4.69, 9.17) is 0 Å². The maximum atomic E-state index is 13.2. The molecule has 0 unspecified atom stereocenters. The van der Waals surface area contributed by atoms with Crippen molar-refractivity contribution in [1.82, 2.24) is 4.90 Å². The molecule has 2 rings (SSSR count). The summed E-state index contributed by atoms with van der Waals surface area (Å²) in [6.07, 6.45) is 1.56. The van der Waals surface area contributed by atoms with Crippen LogP contribution in [0.15, 0.2) is 22.7 Å². The van der Waals surface area contributed by atoms with Crippen molar-refractivity contribution in [3.05, 3.63) is 34.1 Å². The minimum atomic E-state index is -0.755. The molecular formula is C13H15BrFNO2. The van der Waals surface area contributed by atoms with Gasteiger partial charge in [-0.25, -0.2) is 4.39 Å². The van der Waals surface area contributed by atoms with Crippen LogP contribution < -0.4 is 0 Å². The molecule has 1 aliphatic rings. The number of amides is 1. The van der Waals surface area contributed by atoms with Gasteiger partial charge in [-0.15, -0.1) is 0 Å². The molecule has 98 valence electrons. The van der Waals surface area contributed by atoms with Gasteiger partial charge in [-0.3, -0.25) is 4.79 Å². The van der Waals surface area contributed by atoms with Crippen molar-refractivity contribution in [3.8, 4) is 0 Å². The fraction of sp³-hybridized carbons (Fsp3) is 0.462. The molecule has 0 radical (unpaired) electrons. The molecule has 1 aliphatic heterocycles. The third-order valence-corrected chi connectivity index (χ3v) is 3.54. The zero-order valence-electron chi connectivity index (χ0n) is 10.1. The molecule has 1 amide bonds. The summed E-state index contributed by atoms with van der Waals surface area (Å²) < 4.78 is 13.7. The quantitative estimate of drug-likeness (QED) is 0.931. The van der Waals surface area contributed by atoms with Gasteiger partial charge in [0.1, 0.15) is 5.82 Å². The summed E-state index contributed by atoms with van der Waals surface area (Å²) in [6.45, 7) is 2.65. The molecule has 1 fully saturated rings. The van der Waals surface area contributed by atoms with Crippen LogP contribution in [0.1, 0.15) is 30.1 Å². The number of carbonyl (C=O) groups is 1. The minimum absolute atomic E-state index is 0.240. The van der Waals surface area contributed by atoms with Gasteiger partial charge in [0.05, 0.1) is 18.7 Å². The molecular weight excluding hydrogens is 301 g/mol. The lowest BCUT2D eigenvalue weighted by Crippen LogP contribution is -2.63. The molecule has 1 saturated heterocycles. The van der Waals surface area contributed by atoms with Gasteiger partial charge in [-0.1, -0.05) is 29.3 Å². The average molecular weight is 316 g/mol. The second-order valence-electron chi connectivity index (χ2n) is 4.79. The summed E-state index contributed by atoms with van der Waals surface area (Å²) >= 11 is 3.16. The van der Waals surface area contributed by atoms with E-state index in [-0.39, 0.29) is 5.91 Å². The van der Waals surface area contributed by atoms with Crippen molar-refractivity contribution >= 4 is 21.8 Å². The fourth-order valence-electron chi connectivity index (χ4n) is 2.29. The van der Waals surface area contributed by atoms with E-state index in [1.165, 1.54) is 17.0 Å². The van der Waals surface area contributed by atoms with E-state index in [2.05, 4.69) is 15.9 Å². The molecule has 0 spiro atoms. The maximum absolute atomic E-state index is 13.2. The lowest BCUT2D eigenvalue weighted by atomic mass is 9.89. The summed E-state index contributed by atoms with van der Waals surface area (Å²) in [5.74, 6) is -0.687. The van der Waals surface area contributed by atoms with Crippen LogP contribution >= 0.6 is 15.9 Å². The van der Waals surface area contributed by atoms with Crippen molar-refractivity contribution < 1.29 is 14.3 Å². The van der Waals surface area contributed by atoms with Crippen LogP contribution in [0.3, 0.4) is 0 Å². The predicted octanol–water partition coefficient (Wildman–Crippen LogP) is 2.58. The van der Waals surface area contributed by atoms with Crippen LogP contribution in [0.4, 0.5) is 4.39 Å². The summed E-state index contributed by atoms with van der Waals surface area (Å²) in [7, 11) is 0. The lowest BCUT2D eigenvalue weighted by Gasteiger charge is -2.46. The molecule has 0 aliphatic carbocycles. The SMILES string of the molecule is CCCC1(O)CN(C(=O)c2cc(F)cc(Br)c2)C1. The van der Waals surface area contributed by atoms with Crippen molar-refractivity contribution in [1.29, 1.82) is 0 Å². The molecule has 0 bridgehead atoms. The standard InChI is InChI=1S/C13H15BrFNO2/c1-2-3-13(18)7-16(8-13)12(17)9-4-10(14)6-11(15)5-9/h4-6,18H,2-3,7-8H2,1H3. The number of carbonyl (C=O) groups excluding carboxylic acids is 1. The van der Waals surface area contributed by atoms with Gasteiger partial charge in [0, 0.05) is 10.0 Å². The highest BCUT2D eigenvalue weighted by Gasteiger charge is 2.42. The second kappa shape index (κ2) is 4.97. The van der Waals surface area contributed by atoms with E-state index >= 15 is 0 Å². The predicted molar refractivity (Wildman–Crippen MR) is 69.9 cm³/mol. The monoisotopic (exact) mass is 315 g/mol. The Kier molecular flexibility index (Phi) is 3.73. The molecule has 0 saturated carbocycles. The van der Waals surface area contributed by atoms with Crippen molar-refractivity contribution in [3.63, 3.8) is 0 Å². The van der Waals surface area contributed by atoms with Crippen LogP contribution in [0, 0.1) is 5.82 Å². The van der Waals surface area contributed by atoms with Gasteiger partial charge >= 0.3 is 0 Å². The Morgan fingerprint density at radius 1 is 1.50 bits per heavy atom. The van der Waals surface area contributed by atoms with Gasteiger partial charge < -0.3 is 10.0 Å². The van der Waals surface area contributed by atoms with Crippen LogP contribution in [0.25, 0.3) is 0 Å². The number of aliphatic hydroxyl groups is 1. The highest BCUT2D eigenvalue weighted by atomic mass is 79.9. The Hall–Kier alpha value is -0.940. The Balaban J connectivity index is 2.06. The van der Waals surface area contributed by atoms with E-state index < -0.39 is 11.4 Å². The van der Waals surface area contributed by atoms with E-state index in [9.17, 15) is 14.3 Å². The normalized spacial score (nSPS) is 17.4. The summed E-state index contributed by atoms with van der Waals surface area (Å²) in [6, 6.07) is 4.10. The molecule has 3 nitrogen and oxygen atoms in total. The second-order valence-corrected chi connectivity index (χ2v) is 5.71. The number of hydrogen-bond donors (Lipinski definition) is 1. The lowest BCUT2D eigenvalue weighted by molar-refractivity contribution is -0.0860. The molecule has 1 aromatic rings. The number of hydrogen-bond acceptors (Lipinski definition) is 2. The number of rotatable bonds is 3. The number of nitrogens with zero attached hydrogens (tertiary/aromatic N) is 1. The largest absolute Gasteiger partial charge is 0.386 e. The maximum Gasteiger partial charge on any atom is 0.254 e. The number of β-amino-alcohol motifs (C(OH)–C–C–N with tert-alkyl or cyclic N) is 1. The molecule has 5 heteroatoms. The van der Waals surface area contributed by atoms with E-state index in [0.717, 1.165) is 6.42 Å². The van der Waals surface area contributed by atoms with E-state index in [1.807, 2.05) is 6.92 Å². The van der Waals surface area contributed by atoms with Gasteiger partial charge in [-0.2, -0.15) is 0 Å². The van der Waals surface area contributed by atoms with Gasteiger partial charge in [0.2, 0.25) is 0 Å².